The van der Waals surface area contributed by atoms with Crippen LogP contribution in [-0.2, 0) is 57.4 Å². The summed E-state index contributed by atoms with van der Waals surface area (Å²) in [7, 11) is 2.53. The van der Waals surface area contributed by atoms with Gasteiger partial charge in [-0.25, -0.2) is 18.9 Å². The summed E-state index contributed by atoms with van der Waals surface area (Å²) in [6.07, 6.45) is -26.7. The van der Waals surface area contributed by atoms with Gasteiger partial charge in [0.25, 0.3) is 0 Å². The van der Waals surface area contributed by atoms with E-state index in [1.54, 1.807) is 0 Å². The predicted molar refractivity (Wildman–Crippen MR) is 285 cm³/mol. The number of aliphatic carboxylic acids is 1. The minimum atomic E-state index is -2.24. The van der Waals surface area contributed by atoms with E-state index in [1.165, 1.54) is 68.8 Å². The molecule has 1 aromatic heterocycles. The summed E-state index contributed by atoms with van der Waals surface area (Å²) in [5, 5.41) is 149. The fraction of sp³-hybridized carbons (Fsp3) is 0.375. The first-order valence-electron chi connectivity index (χ1n) is 26.0. The Bertz CT molecular complexity index is 3290. The Balaban J connectivity index is 1.15. The van der Waals surface area contributed by atoms with Crippen LogP contribution in [-0.4, -0.2) is 222 Å². The molecule has 5 aromatic rings. The standard InChI is InChI=1S/C56H58O31/c1-75-33-13-24(14-34(76-2)43(33)67)6-12-41(65)85-52-48(72)44(68)36(20-57)82-56(52)87-86-53-49(73)46(70)38(21-77-40(64)11-5-23-3-8-26(58)9-4-23)84-55(53)81-35-18-28-31(79-51(35)25-7-10-29(60)30(61)15-25)16-27(59)17-32(28)80-54-50(74)47(71)45(69)37(83-54)22-78-42(66)19-39(62)63/h3-18,36-38,44-50,52-57,68-74H,19-22H2,1-2H3,(H5-,58,59,60,61,62,63,64,65,67)/p+1/t36-,37-,38-,44-,45-,46-,47+,48+,49+,50-,52-,53-,54-,55-,56+/m1/s1. The quantitative estimate of drug-likeness (QED) is 0.00612. The van der Waals surface area contributed by atoms with Crippen molar-refractivity contribution in [3.8, 4) is 63.1 Å². The van der Waals surface area contributed by atoms with E-state index in [2.05, 4.69) is 0 Å². The van der Waals surface area contributed by atoms with Gasteiger partial charge in [-0.15, -0.1) is 0 Å². The second kappa shape index (κ2) is 28.2. The lowest BCUT2D eigenvalue weighted by atomic mass is 9.99. The SMILES string of the molecule is COc1cc(C=CC(=O)O[C@H]2[C@H](OO[C@H]3[C@H](Oc4cc5c(O[C@@H]6O[C@H](COC(=O)CC(=O)O)[C@@H](O)[C@H](O)[C@H]6O)cc(O)cc5[o+]c4-c4ccc(O)c(O)c4)O[C@H](COC(=O)C=Cc4ccc(O)cc4)[C@@H](O)[C@@H]3O)O[C@H](CO)[C@@H](O)[C@@H]2O)cc(OC)c1O. The van der Waals surface area contributed by atoms with Crippen LogP contribution < -0.4 is 18.9 Å². The van der Waals surface area contributed by atoms with Crippen LogP contribution in [0.1, 0.15) is 17.5 Å². The topological polar surface area (TPSA) is 474 Å². The number of hydrogen-bond acceptors (Lipinski definition) is 29. The molecule has 3 saturated heterocycles. The molecule has 4 aromatic carbocycles. The summed E-state index contributed by atoms with van der Waals surface area (Å²) >= 11 is 0. The molecular formula is C56H59O31+. The number of phenolic OH excluding ortho intramolecular Hbond substituents is 5. The molecule has 0 spiro atoms. The Morgan fingerprint density at radius 2 is 1.15 bits per heavy atom. The lowest BCUT2D eigenvalue weighted by Crippen LogP contribution is -2.63. The fourth-order valence-electron chi connectivity index (χ4n) is 8.90. The van der Waals surface area contributed by atoms with Crippen LogP contribution in [0.25, 0.3) is 34.4 Å². The van der Waals surface area contributed by atoms with Gasteiger partial charge in [0, 0.05) is 30.4 Å². The van der Waals surface area contributed by atoms with E-state index in [0.717, 1.165) is 42.5 Å². The largest absolute Gasteiger partial charge is 0.508 e. The number of fused-ring (bicyclic) bond motifs is 1. The number of phenols is 5. The van der Waals surface area contributed by atoms with Crippen molar-refractivity contribution in [1.29, 1.82) is 0 Å². The molecule has 0 bridgehead atoms. The van der Waals surface area contributed by atoms with Crippen LogP contribution in [0.4, 0.5) is 0 Å². The van der Waals surface area contributed by atoms with Crippen LogP contribution in [0.15, 0.2) is 89.4 Å². The molecule has 3 aliphatic heterocycles. The molecule has 87 heavy (non-hydrogen) atoms. The predicted octanol–water partition coefficient (Wildman–Crippen LogP) is -0.406. The smallest absolute Gasteiger partial charge is 0.402 e. The van der Waals surface area contributed by atoms with Gasteiger partial charge in [-0.05, 0) is 59.7 Å². The molecular weight excluding hydrogens is 1170 g/mol. The molecule has 15 atom stereocenters. The molecule has 14 N–H and O–H groups in total. The maximum atomic E-state index is 13.4. The van der Waals surface area contributed by atoms with Crippen molar-refractivity contribution in [2.24, 2.45) is 0 Å². The highest BCUT2D eigenvalue weighted by Crippen LogP contribution is 2.44. The number of ether oxygens (including phenoxy) is 10. The molecule has 0 aliphatic carbocycles. The first kappa shape index (κ1) is 64.3. The number of rotatable bonds is 22. The average molecular weight is 1230 g/mol. The molecule has 0 saturated carbocycles. The van der Waals surface area contributed by atoms with Crippen molar-refractivity contribution in [2.45, 2.75) is 98.5 Å². The van der Waals surface area contributed by atoms with E-state index < -0.39 is 177 Å². The number of methoxy groups -OCH3 is 2. The molecule has 0 unspecified atom stereocenters. The minimum absolute atomic E-state index is 0.0371. The number of carboxylic acids is 1. The third-order valence-electron chi connectivity index (χ3n) is 13.5. The number of aliphatic hydroxyl groups is 8. The van der Waals surface area contributed by atoms with Crippen molar-refractivity contribution in [3.05, 3.63) is 96.1 Å². The molecule has 0 radical (unpaired) electrons. The highest BCUT2D eigenvalue weighted by Gasteiger charge is 2.53. The lowest BCUT2D eigenvalue weighted by Gasteiger charge is -2.43. The number of benzene rings is 4. The van der Waals surface area contributed by atoms with Crippen LogP contribution in [0.2, 0.25) is 0 Å². The normalized spacial score (nSPS) is 27.4. The average Bonchev–Trinajstić information content (AvgIpc) is 1.50. The maximum absolute atomic E-state index is 13.4. The van der Waals surface area contributed by atoms with Gasteiger partial charge in [-0.3, -0.25) is 9.59 Å². The van der Waals surface area contributed by atoms with Crippen LogP contribution in [0.5, 0.6) is 51.7 Å². The van der Waals surface area contributed by atoms with E-state index >= 15 is 0 Å². The Kier molecular flexibility index (Phi) is 20.9. The van der Waals surface area contributed by atoms with Crippen molar-refractivity contribution in [3.63, 3.8) is 0 Å². The summed E-state index contributed by atoms with van der Waals surface area (Å²) < 4.78 is 62.0. The number of esters is 3. The van der Waals surface area contributed by atoms with E-state index in [1.807, 2.05) is 0 Å². The molecule has 8 rings (SSSR count). The molecule has 31 heteroatoms. The Morgan fingerprint density at radius 3 is 1.80 bits per heavy atom. The summed E-state index contributed by atoms with van der Waals surface area (Å²) in [6.45, 7) is -2.67. The molecule has 468 valence electrons. The number of carbonyl (C=O) groups is 4. The van der Waals surface area contributed by atoms with Gasteiger partial charge in [0.1, 0.15) is 103 Å². The third-order valence-corrected chi connectivity index (χ3v) is 13.5. The number of aromatic hydroxyl groups is 5. The fourth-order valence-corrected chi connectivity index (χ4v) is 8.90. The van der Waals surface area contributed by atoms with Gasteiger partial charge in [0.2, 0.25) is 30.4 Å². The van der Waals surface area contributed by atoms with E-state index in [9.17, 15) is 85.6 Å². The molecule has 4 heterocycles. The van der Waals surface area contributed by atoms with Crippen LogP contribution in [0, 0.1) is 0 Å². The van der Waals surface area contributed by atoms with Crippen molar-refractivity contribution < 1.29 is 152 Å². The molecule has 3 aliphatic rings. The second-order valence-corrected chi connectivity index (χ2v) is 19.5. The van der Waals surface area contributed by atoms with Gasteiger partial charge < -0.3 is 119 Å². The zero-order valence-electron chi connectivity index (χ0n) is 45.4. The molecule has 0 amide bonds. The van der Waals surface area contributed by atoms with Crippen LogP contribution >= 0.6 is 0 Å². The molecule has 3 fully saturated rings. The number of carboxylic acid groups (broad SMARTS) is 1. The monoisotopic (exact) mass is 1230 g/mol. The number of hydrogen-bond donors (Lipinski definition) is 14. The van der Waals surface area contributed by atoms with E-state index in [0.29, 0.717) is 5.56 Å². The first-order chi connectivity index (χ1) is 41.5. The summed E-state index contributed by atoms with van der Waals surface area (Å²) in [4.78, 5) is 60.8. The Hall–Kier alpha value is -8.67. The number of aliphatic hydroxyl groups excluding tert-OH is 8. The maximum Gasteiger partial charge on any atom is 0.402 e. The summed E-state index contributed by atoms with van der Waals surface area (Å²) in [6, 6.07) is 14.7. The third kappa shape index (κ3) is 15.3. The number of carbonyl (C=O) groups excluding carboxylic acids is 3. The van der Waals surface area contributed by atoms with E-state index in [-0.39, 0.29) is 45.1 Å². The second-order valence-electron chi connectivity index (χ2n) is 19.5. The van der Waals surface area contributed by atoms with Crippen molar-refractivity contribution in [2.75, 3.05) is 34.0 Å². The Labute approximate surface area is 489 Å². The van der Waals surface area contributed by atoms with Crippen molar-refractivity contribution in [1.82, 2.24) is 0 Å². The zero-order chi connectivity index (χ0) is 63.0. The summed E-state index contributed by atoms with van der Waals surface area (Å²) in [5.41, 5.74) is 0.301. The van der Waals surface area contributed by atoms with Gasteiger partial charge >= 0.3 is 35.2 Å². The Morgan fingerprint density at radius 1 is 0.552 bits per heavy atom. The molecule has 31 nitrogen and oxygen atoms in total. The highest BCUT2D eigenvalue weighted by molar-refractivity contribution is 5.91. The zero-order valence-corrected chi connectivity index (χ0v) is 45.4. The van der Waals surface area contributed by atoms with Gasteiger partial charge in [0.05, 0.1) is 32.5 Å². The lowest BCUT2D eigenvalue weighted by molar-refractivity contribution is -0.467. The van der Waals surface area contributed by atoms with E-state index in [4.69, 9.17) is 66.7 Å². The van der Waals surface area contributed by atoms with Gasteiger partial charge in [-0.2, -0.15) is 4.89 Å². The van der Waals surface area contributed by atoms with Crippen molar-refractivity contribution >= 4 is 47.0 Å². The van der Waals surface area contributed by atoms with Crippen LogP contribution in [0.3, 0.4) is 0 Å². The van der Waals surface area contributed by atoms with Gasteiger partial charge in [-0.1, -0.05) is 12.1 Å². The summed E-state index contributed by atoms with van der Waals surface area (Å²) in [5.74, 6) is -8.77. The minimum Gasteiger partial charge on any atom is -0.508 e. The highest BCUT2D eigenvalue weighted by atomic mass is 17.2. The first-order valence-corrected chi connectivity index (χ1v) is 26.0. The van der Waals surface area contributed by atoms with Gasteiger partial charge in [0.15, 0.2) is 35.2 Å².